The predicted octanol–water partition coefficient (Wildman–Crippen LogP) is 3.55. The number of anilines is 1. The van der Waals surface area contributed by atoms with Crippen LogP contribution in [0.5, 0.6) is 0 Å². The third-order valence-corrected chi connectivity index (χ3v) is 5.44. The number of hydrazone groups is 1. The Morgan fingerprint density at radius 2 is 1.94 bits per heavy atom. The van der Waals surface area contributed by atoms with Crippen molar-refractivity contribution in [3.8, 4) is 0 Å². The van der Waals surface area contributed by atoms with Gasteiger partial charge in [0.15, 0.2) is 5.76 Å². The Bertz CT molecular complexity index is 1300. The highest BCUT2D eigenvalue weighted by Gasteiger charge is 2.35. The van der Waals surface area contributed by atoms with Crippen LogP contribution in [0.3, 0.4) is 0 Å². The number of non-ortho nitro benzene ring substituents is 1. The topological polar surface area (TPSA) is 135 Å². The molecule has 0 bridgehead atoms. The van der Waals surface area contributed by atoms with E-state index in [1.54, 1.807) is 42.5 Å². The number of rotatable bonds is 6. The zero-order chi connectivity index (χ0) is 22.9. The summed E-state index contributed by atoms with van der Waals surface area (Å²) in [7, 11) is -3.41. The van der Waals surface area contributed by atoms with Crippen molar-refractivity contribution in [2.45, 2.75) is 12.5 Å². The van der Waals surface area contributed by atoms with Crippen molar-refractivity contribution in [3.05, 3.63) is 93.9 Å². The zero-order valence-electron chi connectivity index (χ0n) is 16.8. The van der Waals surface area contributed by atoms with Gasteiger partial charge in [-0.25, -0.2) is 13.4 Å². The molecule has 0 unspecified atom stereocenters. The van der Waals surface area contributed by atoms with Crippen LogP contribution < -0.4 is 4.72 Å². The number of carbonyl (C=O) groups excluding carboxylic acids is 1. The summed E-state index contributed by atoms with van der Waals surface area (Å²) in [5.41, 5.74) is 2.14. The number of benzene rings is 2. The quantitative estimate of drug-likeness (QED) is 0.447. The maximum atomic E-state index is 13.0. The third kappa shape index (κ3) is 4.52. The van der Waals surface area contributed by atoms with Crippen molar-refractivity contribution in [2.24, 2.45) is 5.10 Å². The third-order valence-electron chi connectivity index (χ3n) is 4.84. The number of nitro groups is 1. The normalized spacial score (nSPS) is 16.0. The van der Waals surface area contributed by atoms with E-state index in [1.807, 2.05) is 0 Å². The number of hydrogen-bond acceptors (Lipinski definition) is 7. The van der Waals surface area contributed by atoms with Gasteiger partial charge in [-0.15, -0.1) is 0 Å². The molecule has 11 heteroatoms. The van der Waals surface area contributed by atoms with Crippen molar-refractivity contribution in [1.82, 2.24) is 5.01 Å². The molecule has 3 aromatic rings. The number of nitrogens with zero attached hydrogens (tertiary/aromatic N) is 3. The summed E-state index contributed by atoms with van der Waals surface area (Å²) in [5.74, 6) is -0.380. The Labute approximate surface area is 183 Å². The fraction of sp³-hybridized carbons (Fsp3) is 0.143. The Morgan fingerprint density at radius 1 is 1.19 bits per heavy atom. The highest BCUT2D eigenvalue weighted by molar-refractivity contribution is 7.92. The van der Waals surface area contributed by atoms with Crippen LogP contribution in [0.15, 0.2) is 76.4 Å². The van der Waals surface area contributed by atoms with Crippen molar-refractivity contribution in [3.63, 3.8) is 0 Å². The van der Waals surface area contributed by atoms with Crippen LogP contribution in [0.25, 0.3) is 0 Å². The lowest BCUT2D eigenvalue weighted by molar-refractivity contribution is -0.384. The van der Waals surface area contributed by atoms with E-state index in [0.29, 0.717) is 28.9 Å². The summed E-state index contributed by atoms with van der Waals surface area (Å²) in [6.07, 6.45) is 2.75. The molecule has 164 valence electrons. The lowest BCUT2D eigenvalue weighted by Gasteiger charge is -2.20. The van der Waals surface area contributed by atoms with Crippen LogP contribution in [0.2, 0.25) is 0 Å². The van der Waals surface area contributed by atoms with Crippen molar-refractivity contribution in [2.75, 3.05) is 11.0 Å². The largest absolute Gasteiger partial charge is 0.459 e. The first-order valence-corrected chi connectivity index (χ1v) is 11.4. The SMILES string of the molecule is CS(=O)(=O)Nc1ccc(C2=NN(C(=O)c3ccco3)[C@H](c3cccc([N+](=O)[O-])c3)C2)cc1. The predicted molar refractivity (Wildman–Crippen MR) is 117 cm³/mol. The molecule has 0 spiro atoms. The molecule has 1 amide bonds. The Balaban J connectivity index is 1.68. The second-order valence-corrected chi connectivity index (χ2v) is 8.95. The lowest BCUT2D eigenvalue weighted by atomic mass is 9.98. The molecule has 2 aromatic carbocycles. The molecule has 0 fully saturated rings. The number of nitrogens with one attached hydrogen (secondary N) is 1. The molecule has 0 saturated carbocycles. The molecular formula is C21H18N4O6S. The van der Waals surface area contributed by atoms with Crippen LogP contribution >= 0.6 is 0 Å². The first kappa shape index (κ1) is 21.2. The average Bonchev–Trinajstić information content (AvgIpc) is 3.43. The van der Waals surface area contributed by atoms with Gasteiger partial charge in [-0.1, -0.05) is 24.3 Å². The minimum atomic E-state index is -3.41. The van der Waals surface area contributed by atoms with Gasteiger partial charge in [0.25, 0.3) is 5.69 Å². The molecule has 1 aliphatic heterocycles. The van der Waals surface area contributed by atoms with Gasteiger partial charge in [0.1, 0.15) is 0 Å². The summed E-state index contributed by atoms with van der Waals surface area (Å²) >= 11 is 0. The van der Waals surface area contributed by atoms with Crippen LogP contribution in [0, 0.1) is 10.1 Å². The summed E-state index contributed by atoms with van der Waals surface area (Å²) < 4.78 is 30.4. The van der Waals surface area contributed by atoms with Crippen molar-refractivity contribution >= 4 is 33.0 Å². The van der Waals surface area contributed by atoms with E-state index >= 15 is 0 Å². The molecule has 0 radical (unpaired) electrons. The van der Waals surface area contributed by atoms with Crippen LogP contribution in [0.4, 0.5) is 11.4 Å². The molecule has 1 aromatic heterocycles. The van der Waals surface area contributed by atoms with Gasteiger partial charge < -0.3 is 4.42 Å². The van der Waals surface area contributed by atoms with Gasteiger partial charge in [0.2, 0.25) is 10.0 Å². The second-order valence-electron chi connectivity index (χ2n) is 7.20. The number of carbonyl (C=O) groups is 1. The van der Waals surface area contributed by atoms with Gasteiger partial charge in [-0.3, -0.25) is 19.6 Å². The smallest absolute Gasteiger partial charge is 0.310 e. The fourth-order valence-electron chi connectivity index (χ4n) is 3.44. The van der Waals surface area contributed by atoms with E-state index < -0.39 is 26.9 Å². The molecule has 10 nitrogen and oxygen atoms in total. The number of amides is 1. The van der Waals surface area contributed by atoms with Crippen LogP contribution in [0.1, 0.15) is 34.1 Å². The van der Waals surface area contributed by atoms with E-state index in [9.17, 15) is 23.3 Å². The van der Waals surface area contributed by atoms with E-state index in [0.717, 1.165) is 6.26 Å². The van der Waals surface area contributed by atoms with E-state index in [4.69, 9.17) is 4.42 Å². The summed E-state index contributed by atoms with van der Waals surface area (Å²) in [5, 5.41) is 17.0. The van der Waals surface area contributed by atoms with E-state index in [2.05, 4.69) is 9.82 Å². The molecular weight excluding hydrogens is 436 g/mol. The highest BCUT2D eigenvalue weighted by atomic mass is 32.2. The van der Waals surface area contributed by atoms with Gasteiger partial charge in [-0.05, 0) is 35.4 Å². The molecule has 4 rings (SSSR count). The van der Waals surface area contributed by atoms with Crippen LogP contribution in [-0.4, -0.2) is 36.2 Å². The van der Waals surface area contributed by atoms with Crippen molar-refractivity contribution < 1.29 is 22.6 Å². The zero-order valence-corrected chi connectivity index (χ0v) is 17.7. The number of nitro benzene ring substituents is 1. The fourth-order valence-corrected chi connectivity index (χ4v) is 4.00. The summed E-state index contributed by atoms with van der Waals surface area (Å²) in [4.78, 5) is 23.7. The van der Waals surface area contributed by atoms with Gasteiger partial charge in [0.05, 0.1) is 29.2 Å². The second kappa shape index (κ2) is 8.27. The van der Waals surface area contributed by atoms with Crippen molar-refractivity contribution in [1.29, 1.82) is 0 Å². The monoisotopic (exact) mass is 454 g/mol. The molecule has 0 saturated heterocycles. The Morgan fingerprint density at radius 3 is 2.56 bits per heavy atom. The summed E-state index contributed by atoms with van der Waals surface area (Å²) in [6.45, 7) is 0. The molecule has 1 atom stereocenters. The minimum absolute atomic E-state index is 0.0856. The molecule has 32 heavy (non-hydrogen) atoms. The van der Waals surface area contributed by atoms with E-state index in [-0.39, 0.29) is 11.4 Å². The number of hydrogen-bond donors (Lipinski definition) is 1. The molecule has 1 aliphatic rings. The van der Waals surface area contributed by atoms with Gasteiger partial charge in [0, 0.05) is 24.2 Å². The average molecular weight is 454 g/mol. The van der Waals surface area contributed by atoms with Gasteiger partial charge >= 0.3 is 5.91 Å². The standard InChI is InChI=1S/C21H18N4O6S/c1-32(29,30)23-16-9-7-14(8-10-16)18-13-19(15-4-2-5-17(12-15)25(27)28)24(22-18)21(26)20-6-3-11-31-20/h2-12,19,23H,13H2,1H3/t19-/m0/s1. The Hall–Kier alpha value is -3.99. The van der Waals surface area contributed by atoms with Gasteiger partial charge in [-0.2, -0.15) is 5.10 Å². The first-order chi connectivity index (χ1) is 15.2. The molecule has 1 N–H and O–H groups in total. The number of sulfonamides is 1. The summed E-state index contributed by atoms with van der Waals surface area (Å²) in [6, 6.07) is 15.2. The lowest BCUT2D eigenvalue weighted by Crippen LogP contribution is -2.26. The highest BCUT2D eigenvalue weighted by Crippen LogP contribution is 2.35. The minimum Gasteiger partial charge on any atom is -0.459 e. The maximum Gasteiger partial charge on any atom is 0.310 e. The maximum absolute atomic E-state index is 13.0. The van der Waals surface area contributed by atoms with E-state index in [1.165, 1.54) is 29.5 Å². The molecule has 2 heterocycles. The molecule has 0 aliphatic carbocycles. The van der Waals surface area contributed by atoms with Crippen LogP contribution in [-0.2, 0) is 10.0 Å². The first-order valence-electron chi connectivity index (χ1n) is 9.48. The number of furan rings is 1. The Kier molecular flexibility index (Phi) is 5.49.